The molecule has 1 heterocycles. The molecule has 0 saturated carbocycles. The number of halogens is 3. The zero-order valence-corrected chi connectivity index (χ0v) is 9.40. The molecule has 0 aliphatic rings. The van der Waals surface area contributed by atoms with Gasteiger partial charge in [0.05, 0.1) is 11.3 Å². The first-order valence-electron chi connectivity index (χ1n) is 5.12. The van der Waals surface area contributed by atoms with Gasteiger partial charge in [0.2, 0.25) is 0 Å². The smallest absolute Gasteiger partial charge is 0.293 e. The Morgan fingerprint density at radius 2 is 1.78 bits per heavy atom. The monoisotopic (exact) mass is 254 g/mol. The van der Waals surface area contributed by atoms with Crippen molar-refractivity contribution in [3.05, 3.63) is 47.8 Å². The average Bonchev–Trinajstić information content (AvgIpc) is 2.77. The second-order valence-electron chi connectivity index (χ2n) is 3.75. The molecule has 0 amide bonds. The molecule has 0 fully saturated rings. The van der Waals surface area contributed by atoms with E-state index in [-0.39, 0.29) is 11.5 Å². The molecule has 1 aromatic heterocycles. The molecule has 0 aliphatic carbocycles. The Balaban J connectivity index is 2.31. The van der Waals surface area contributed by atoms with Crippen LogP contribution in [0.15, 0.2) is 36.5 Å². The zero-order chi connectivity index (χ0) is 13.3. The summed E-state index contributed by atoms with van der Waals surface area (Å²) in [7, 11) is 0. The normalized spacial score (nSPS) is 11.6. The van der Waals surface area contributed by atoms with Gasteiger partial charge in [0.25, 0.3) is 0 Å². The van der Waals surface area contributed by atoms with Crippen molar-refractivity contribution in [1.29, 1.82) is 0 Å². The van der Waals surface area contributed by atoms with Crippen LogP contribution in [0.3, 0.4) is 0 Å². The van der Waals surface area contributed by atoms with E-state index in [4.69, 9.17) is 0 Å². The van der Waals surface area contributed by atoms with Crippen LogP contribution in [0.25, 0.3) is 5.69 Å². The van der Waals surface area contributed by atoms with Gasteiger partial charge in [-0.25, -0.2) is 4.68 Å². The van der Waals surface area contributed by atoms with Gasteiger partial charge in [-0.1, -0.05) is 0 Å². The Morgan fingerprint density at radius 1 is 1.17 bits per heavy atom. The number of carbonyl (C=O) groups is 1. The number of Topliss-reactive ketones (excluding diaryl/α,β-unsaturated/α-hetero) is 1. The van der Waals surface area contributed by atoms with Gasteiger partial charge in [-0.3, -0.25) is 4.79 Å². The first-order valence-corrected chi connectivity index (χ1v) is 5.12. The van der Waals surface area contributed by atoms with Crippen LogP contribution in [-0.2, 0) is 6.18 Å². The molecule has 2 rings (SSSR count). The minimum absolute atomic E-state index is 0.194. The quantitative estimate of drug-likeness (QED) is 0.772. The minimum atomic E-state index is -4.35. The molecule has 0 N–H and O–H groups in total. The Kier molecular flexibility index (Phi) is 2.94. The summed E-state index contributed by atoms with van der Waals surface area (Å²) in [6.07, 6.45) is -2.83. The van der Waals surface area contributed by atoms with Gasteiger partial charge in [0, 0.05) is 13.1 Å². The standard InChI is InChI=1S/C12H9F3N2O/c1-8(18)11-6-7-17(16-11)10-4-2-9(3-5-10)12(13,14)15/h2-7H,1H3. The lowest BCUT2D eigenvalue weighted by Crippen LogP contribution is -2.05. The second-order valence-corrected chi connectivity index (χ2v) is 3.75. The Hall–Kier alpha value is -2.11. The van der Waals surface area contributed by atoms with Crippen molar-refractivity contribution in [2.45, 2.75) is 13.1 Å². The van der Waals surface area contributed by atoms with Gasteiger partial charge in [0.15, 0.2) is 5.78 Å². The van der Waals surface area contributed by atoms with E-state index in [2.05, 4.69) is 5.10 Å². The number of benzene rings is 1. The van der Waals surface area contributed by atoms with Crippen molar-refractivity contribution in [3.8, 4) is 5.69 Å². The predicted molar refractivity (Wildman–Crippen MR) is 58.6 cm³/mol. The molecule has 1 aromatic carbocycles. The average molecular weight is 254 g/mol. The van der Waals surface area contributed by atoms with Crippen LogP contribution < -0.4 is 0 Å². The molecule has 0 aliphatic heterocycles. The van der Waals surface area contributed by atoms with Crippen LogP contribution in [0.2, 0.25) is 0 Å². The summed E-state index contributed by atoms with van der Waals surface area (Å²) in [5.74, 6) is -0.194. The highest BCUT2D eigenvalue weighted by Crippen LogP contribution is 2.29. The van der Waals surface area contributed by atoms with Crippen molar-refractivity contribution < 1.29 is 18.0 Å². The highest BCUT2D eigenvalue weighted by molar-refractivity contribution is 5.91. The molecule has 0 saturated heterocycles. The van der Waals surface area contributed by atoms with Crippen molar-refractivity contribution in [3.63, 3.8) is 0 Å². The van der Waals surface area contributed by atoms with Gasteiger partial charge in [-0.2, -0.15) is 18.3 Å². The lowest BCUT2D eigenvalue weighted by Gasteiger charge is -2.07. The number of rotatable bonds is 2. The van der Waals surface area contributed by atoms with Crippen molar-refractivity contribution >= 4 is 5.78 Å². The fourth-order valence-electron chi connectivity index (χ4n) is 1.46. The lowest BCUT2D eigenvalue weighted by molar-refractivity contribution is -0.137. The summed E-state index contributed by atoms with van der Waals surface area (Å²) >= 11 is 0. The molecular weight excluding hydrogens is 245 g/mol. The van der Waals surface area contributed by atoms with Gasteiger partial charge in [-0.05, 0) is 30.3 Å². The van der Waals surface area contributed by atoms with Crippen LogP contribution in [-0.4, -0.2) is 15.6 Å². The van der Waals surface area contributed by atoms with Gasteiger partial charge < -0.3 is 0 Å². The summed E-state index contributed by atoms with van der Waals surface area (Å²) in [4.78, 5) is 11.1. The van der Waals surface area contributed by atoms with Crippen molar-refractivity contribution in [2.75, 3.05) is 0 Å². The summed E-state index contributed by atoms with van der Waals surface area (Å²) < 4.78 is 38.5. The maximum atomic E-state index is 12.4. The van der Waals surface area contributed by atoms with E-state index in [1.165, 1.54) is 36.0 Å². The number of alkyl halides is 3. The van der Waals surface area contributed by atoms with Crippen molar-refractivity contribution in [2.24, 2.45) is 0 Å². The number of nitrogens with zero attached hydrogens (tertiary/aromatic N) is 2. The highest BCUT2D eigenvalue weighted by Gasteiger charge is 2.30. The summed E-state index contributed by atoms with van der Waals surface area (Å²) in [5.41, 5.74) is 0.0237. The Bertz CT molecular complexity index is 570. The molecule has 18 heavy (non-hydrogen) atoms. The fraction of sp³-hybridized carbons (Fsp3) is 0.167. The van der Waals surface area contributed by atoms with Crippen LogP contribution in [0.5, 0.6) is 0 Å². The molecule has 0 bridgehead atoms. The van der Waals surface area contributed by atoms with Gasteiger partial charge >= 0.3 is 6.18 Å². The van der Waals surface area contributed by atoms with E-state index in [0.29, 0.717) is 5.69 Å². The number of hydrogen-bond donors (Lipinski definition) is 0. The van der Waals surface area contributed by atoms with Crippen LogP contribution in [0.1, 0.15) is 23.0 Å². The molecule has 6 heteroatoms. The van der Waals surface area contributed by atoms with E-state index < -0.39 is 11.7 Å². The molecule has 94 valence electrons. The second kappa shape index (κ2) is 4.29. The summed E-state index contributed by atoms with van der Waals surface area (Å²) in [6, 6.07) is 6.08. The van der Waals surface area contributed by atoms with E-state index in [1.54, 1.807) is 0 Å². The molecule has 0 atom stereocenters. The van der Waals surface area contributed by atoms with E-state index in [0.717, 1.165) is 12.1 Å². The number of aromatic nitrogens is 2. The highest BCUT2D eigenvalue weighted by atomic mass is 19.4. The lowest BCUT2D eigenvalue weighted by atomic mass is 10.2. The molecule has 0 unspecified atom stereocenters. The first kappa shape index (κ1) is 12.3. The molecule has 2 aromatic rings. The van der Waals surface area contributed by atoms with Crippen molar-refractivity contribution in [1.82, 2.24) is 9.78 Å². The topological polar surface area (TPSA) is 34.9 Å². The number of ketones is 1. The van der Waals surface area contributed by atoms with Crippen LogP contribution in [0.4, 0.5) is 13.2 Å². The Labute approximate surface area is 101 Å². The SMILES string of the molecule is CC(=O)c1ccn(-c2ccc(C(F)(F)F)cc2)n1. The zero-order valence-electron chi connectivity index (χ0n) is 9.40. The third kappa shape index (κ3) is 2.42. The third-order valence-electron chi connectivity index (χ3n) is 2.41. The number of hydrogen-bond acceptors (Lipinski definition) is 2. The molecular formula is C12H9F3N2O. The molecule has 3 nitrogen and oxygen atoms in total. The van der Waals surface area contributed by atoms with E-state index in [9.17, 15) is 18.0 Å². The summed E-state index contributed by atoms with van der Waals surface area (Å²) in [5, 5.41) is 3.96. The van der Waals surface area contributed by atoms with E-state index in [1.807, 2.05) is 0 Å². The predicted octanol–water partition coefficient (Wildman–Crippen LogP) is 3.09. The minimum Gasteiger partial charge on any atom is -0.293 e. The fourth-order valence-corrected chi connectivity index (χ4v) is 1.46. The number of carbonyl (C=O) groups excluding carboxylic acids is 1. The first-order chi connectivity index (χ1) is 8.38. The van der Waals surface area contributed by atoms with E-state index >= 15 is 0 Å². The molecule has 0 radical (unpaired) electrons. The maximum absolute atomic E-state index is 12.4. The van der Waals surface area contributed by atoms with Gasteiger partial charge in [0.1, 0.15) is 5.69 Å². The summed E-state index contributed by atoms with van der Waals surface area (Å²) in [6.45, 7) is 1.37. The van der Waals surface area contributed by atoms with Crippen LogP contribution >= 0.6 is 0 Å². The third-order valence-corrected chi connectivity index (χ3v) is 2.41. The van der Waals surface area contributed by atoms with Crippen LogP contribution in [0, 0.1) is 0 Å². The Morgan fingerprint density at radius 3 is 2.22 bits per heavy atom. The largest absolute Gasteiger partial charge is 0.416 e. The maximum Gasteiger partial charge on any atom is 0.416 e. The molecule has 0 spiro atoms. The van der Waals surface area contributed by atoms with Gasteiger partial charge in [-0.15, -0.1) is 0 Å².